The molecule has 60 valence electrons. The highest BCUT2D eigenvalue weighted by atomic mass is 14.2. The van der Waals surface area contributed by atoms with Crippen molar-refractivity contribution in [2.45, 2.75) is 32.1 Å². The van der Waals surface area contributed by atoms with Gasteiger partial charge >= 0.3 is 0 Å². The lowest BCUT2D eigenvalue weighted by Gasteiger charge is -2.25. The van der Waals surface area contributed by atoms with E-state index in [2.05, 4.69) is 24.3 Å². The standard InChI is InChI=1S/C11H16/c1-2-5-10(4-1)8-9-11-6-3-7-11/h1-2,4-5,10-11H,3,6-9H2. The number of rotatable bonds is 3. The molecule has 0 saturated heterocycles. The van der Waals surface area contributed by atoms with Crippen molar-refractivity contribution in [2.24, 2.45) is 11.8 Å². The molecule has 0 amide bonds. The zero-order chi connectivity index (χ0) is 7.52. The highest BCUT2D eigenvalue weighted by Gasteiger charge is 2.17. The SMILES string of the molecule is C1=CC(CCC2CCC2)C=C1. The van der Waals surface area contributed by atoms with E-state index in [4.69, 9.17) is 0 Å². The topological polar surface area (TPSA) is 0 Å². The molecule has 2 aliphatic rings. The van der Waals surface area contributed by atoms with Gasteiger partial charge in [0.15, 0.2) is 0 Å². The first-order valence-corrected chi connectivity index (χ1v) is 4.80. The third kappa shape index (κ3) is 1.74. The van der Waals surface area contributed by atoms with Crippen molar-refractivity contribution in [1.82, 2.24) is 0 Å². The average molecular weight is 148 g/mol. The van der Waals surface area contributed by atoms with E-state index in [-0.39, 0.29) is 0 Å². The lowest BCUT2D eigenvalue weighted by Crippen LogP contribution is -2.11. The van der Waals surface area contributed by atoms with Crippen LogP contribution < -0.4 is 0 Å². The molecule has 0 heterocycles. The molecule has 0 radical (unpaired) electrons. The summed E-state index contributed by atoms with van der Waals surface area (Å²) < 4.78 is 0. The Labute approximate surface area is 69.0 Å². The second-order valence-electron chi connectivity index (χ2n) is 3.81. The molecule has 2 rings (SSSR count). The fourth-order valence-corrected chi connectivity index (χ4v) is 1.88. The van der Waals surface area contributed by atoms with Crippen molar-refractivity contribution < 1.29 is 0 Å². The van der Waals surface area contributed by atoms with E-state index < -0.39 is 0 Å². The summed E-state index contributed by atoms with van der Waals surface area (Å²) in [4.78, 5) is 0. The molecule has 0 bridgehead atoms. The summed E-state index contributed by atoms with van der Waals surface area (Å²) in [6, 6.07) is 0. The Morgan fingerprint density at radius 2 is 1.73 bits per heavy atom. The monoisotopic (exact) mass is 148 g/mol. The largest absolute Gasteiger partial charge is 0.0776 e. The second-order valence-corrected chi connectivity index (χ2v) is 3.81. The first kappa shape index (κ1) is 7.15. The van der Waals surface area contributed by atoms with Gasteiger partial charge < -0.3 is 0 Å². The van der Waals surface area contributed by atoms with E-state index in [1.54, 1.807) is 0 Å². The normalized spacial score (nSPS) is 24.4. The van der Waals surface area contributed by atoms with E-state index in [0.717, 1.165) is 11.8 Å². The first-order valence-electron chi connectivity index (χ1n) is 4.80. The van der Waals surface area contributed by atoms with Gasteiger partial charge in [0, 0.05) is 0 Å². The molecule has 0 aromatic carbocycles. The maximum Gasteiger partial charge on any atom is -0.00472 e. The fourth-order valence-electron chi connectivity index (χ4n) is 1.88. The smallest absolute Gasteiger partial charge is 0.00472 e. The molecular weight excluding hydrogens is 132 g/mol. The Balaban J connectivity index is 1.65. The summed E-state index contributed by atoms with van der Waals surface area (Å²) in [6.45, 7) is 0. The third-order valence-corrected chi connectivity index (χ3v) is 2.96. The van der Waals surface area contributed by atoms with Crippen LogP contribution in [0.15, 0.2) is 24.3 Å². The van der Waals surface area contributed by atoms with Gasteiger partial charge in [-0.1, -0.05) is 43.6 Å². The third-order valence-electron chi connectivity index (χ3n) is 2.96. The van der Waals surface area contributed by atoms with Crippen LogP contribution in [0, 0.1) is 11.8 Å². The summed E-state index contributed by atoms with van der Waals surface area (Å²) in [6.07, 6.45) is 16.3. The van der Waals surface area contributed by atoms with E-state index in [1.807, 2.05) is 0 Å². The van der Waals surface area contributed by atoms with Crippen LogP contribution in [0.1, 0.15) is 32.1 Å². The van der Waals surface area contributed by atoms with Crippen LogP contribution >= 0.6 is 0 Å². The summed E-state index contributed by atoms with van der Waals surface area (Å²) >= 11 is 0. The lowest BCUT2D eigenvalue weighted by atomic mass is 9.80. The van der Waals surface area contributed by atoms with Crippen LogP contribution in [0.3, 0.4) is 0 Å². The quantitative estimate of drug-likeness (QED) is 0.576. The zero-order valence-corrected chi connectivity index (χ0v) is 7.00. The zero-order valence-electron chi connectivity index (χ0n) is 7.00. The molecule has 0 nitrogen and oxygen atoms in total. The molecule has 11 heavy (non-hydrogen) atoms. The second kappa shape index (κ2) is 3.25. The Bertz CT molecular complexity index is 160. The van der Waals surface area contributed by atoms with Crippen molar-refractivity contribution in [2.75, 3.05) is 0 Å². The van der Waals surface area contributed by atoms with E-state index in [9.17, 15) is 0 Å². The molecule has 2 aliphatic carbocycles. The van der Waals surface area contributed by atoms with Crippen LogP contribution in [-0.4, -0.2) is 0 Å². The van der Waals surface area contributed by atoms with Gasteiger partial charge in [-0.15, -0.1) is 0 Å². The molecule has 0 heteroatoms. The van der Waals surface area contributed by atoms with Crippen molar-refractivity contribution in [3.63, 3.8) is 0 Å². The van der Waals surface area contributed by atoms with Crippen LogP contribution in [0.25, 0.3) is 0 Å². The molecule has 0 aromatic heterocycles. The van der Waals surface area contributed by atoms with Crippen molar-refractivity contribution in [1.29, 1.82) is 0 Å². The number of allylic oxidation sites excluding steroid dienone is 4. The van der Waals surface area contributed by atoms with Crippen LogP contribution in [0.2, 0.25) is 0 Å². The molecule has 0 atom stereocenters. The average Bonchev–Trinajstić information content (AvgIpc) is 2.36. The lowest BCUT2D eigenvalue weighted by molar-refractivity contribution is 0.284. The highest BCUT2D eigenvalue weighted by Crippen LogP contribution is 2.32. The maximum atomic E-state index is 2.32. The highest BCUT2D eigenvalue weighted by molar-refractivity contribution is 5.17. The predicted octanol–water partition coefficient (Wildman–Crippen LogP) is 3.31. The molecular formula is C11H16. The summed E-state index contributed by atoms with van der Waals surface area (Å²) in [5, 5.41) is 0. The minimum absolute atomic E-state index is 0.774. The maximum absolute atomic E-state index is 2.32. The molecule has 0 unspecified atom stereocenters. The number of hydrogen-bond donors (Lipinski definition) is 0. The van der Waals surface area contributed by atoms with Gasteiger partial charge in [0.05, 0.1) is 0 Å². The molecule has 0 N–H and O–H groups in total. The van der Waals surface area contributed by atoms with Crippen molar-refractivity contribution in [3.8, 4) is 0 Å². The van der Waals surface area contributed by atoms with Gasteiger partial charge in [-0.3, -0.25) is 0 Å². The molecule has 0 spiro atoms. The van der Waals surface area contributed by atoms with Gasteiger partial charge in [0.2, 0.25) is 0 Å². The van der Waals surface area contributed by atoms with Gasteiger partial charge in [-0.05, 0) is 24.7 Å². The Morgan fingerprint density at radius 1 is 1.00 bits per heavy atom. The minimum atomic E-state index is 0.774. The summed E-state index contributed by atoms with van der Waals surface area (Å²) in [5.41, 5.74) is 0. The van der Waals surface area contributed by atoms with Crippen LogP contribution in [0.4, 0.5) is 0 Å². The van der Waals surface area contributed by atoms with E-state index in [0.29, 0.717) is 0 Å². The Hall–Kier alpha value is -0.520. The first-order chi connectivity index (χ1) is 5.45. The summed E-state index contributed by atoms with van der Waals surface area (Å²) in [5.74, 6) is 1.85. The van der Waals surface area contributed by atoms with Gasteiger partial charge in [-0.2, -0.15) is 0 Å². The number of hydrogen-bond acceptors (Lipinski definition) is 0. The van der Waals surface area contributed by atoms with Gasteiger partial charge in [-0.25, -0.2) is 0 Å². The van der Waals surface area contributed by atoms with E-state index in [1.165, 1.54) is 32.1 Å². The van der Waals surface area contributed by atoms with Crippen LogP contribution in [-0.2, 0) is 0 Å². The molecule has 0 aliphatic heterocycles. The summed E-state index contributed by atoms with van der Waals surface area (Å²) in [7, 11) is 0. The van der Waals surface area contributed by atoms with Crippen LogP contribution in [0.5, 0.6) is 0 Å². The molecule has 1 fully saturated rings. The van der Waals surface area contributed by atoms with Gasteiger partial charge in [0.1, 0.15) is 0 Å². The Kier molecular flexibility index (Phi) is 2.11. The van der Waals surface area contributed by atoms with E-state index >= 15 is 0 Å². The minimum Gasteiger partial charge on any atom is -0.0776 e. The predicted molar refractivity (Wildman–Crippen MR) is 48.3 cm³/mol. The fraction of sp³-hybridized carbons (Fsp3) is 0.636. The van der Waals surface area contributed by atoms with Crippen molar-refractivity contribution in [3.05, 3.63) is 24.3 Å². The molecule has 0 aromatic rings. The van der Waals surface area contributed by atoms with Gasteiger partial charge in [0.25, 0.3) is 0 Å². The molecule has 1 saturated carbocycles. The Morgan fingerprint density at radius 3 is 2.27 bits per heavy atom. The van der Waals surface area contributed by atoms with Crippen molar-refractivity contribution >= 4 is 0 Å².